The second-order valence-corrected chi connectivity index (χ2v) is 5.70. The first kappa shape index (κ1) is 15.2. The normalized spacial score (nSPS) is 11.6. The molecule has 0 aliphatic heterocycles. The number of rotatable bonds is 5. The summed E-state index contributed by atoms with van der Waals surface area (Å²) in [6, 6.07) is 13.8. The van der Waals surface area contributed by atoms with Gasteiger partial charge in [-0.15, -0.1) is 0 Å². The molecular formula is C16H16BrFO2. The van der Waals surface area contributed by atoms with Crippen LogP contribution in [0.15, 0.2) is 53.0 Å². The second-order valence-electron chi connectivity index (χ2n) is 4.84. The first-order valence-corrected chi connectivity index (χ1v) is 7.12. The fraction of sp³-hybridized carbons (Fsp3) is 0.250. The summed E-state index contributed by atoms with van der Waals surface area (Å²) in [5.74, 6) is -0.414. The number of hydrogen-bond donors (Lipinski definition) is 2. The largest absolute Gasteiger partial charge is 0.395 e. The van der Waals surface area contributed by atoms with Gasteiger partial charge in [0.05, 0.1) is 13.2 Å². The van der Waals surface area contributed by atoms with Gasteiger partial charge >= 0.3 is 0 Å². The molecule has 0 radical (unpaired) electrons. The topological polar surface area (TPSA) is 40.5 Å². The molecule has 0 aromatic heterocycles. The molecule has 0 unspecified atom stereocenters. The third-order valence-electron chi connectivity index (χ3n) is 3.54. The summed E-state index contributed by atoms with van der Waals surface area (Å²) < 4.78 is 14.9. The van der Waals surface area contributed by atoms with E-state index in [1.807, 2.05) is 24.3 Å². The zero-order valence-electron chi connectivity index (χ0n) is 10.9. The van der Waals surface area contributed by atoms with Gasteiger partial charge in [0.25, 0.3) is 0 Å². The van der Waals surface area contributed by atoms with Gasteiger partial charge in [-0.3, -0.25) is 0 Å². The third-order valence-corrected chi connectivity index (χ3v) is 4.31. The highest BCUT2D eigenvalue weighted by atomic mass is 79.9. The minimum Gasteiger partial charge on any atom is -0.395 e. The molecule has 0 saturated carbocycles. The van der Waals surface area contributed by atoms with Gasteiger partial charge in [-0.2, -0.15) is 0 Å². The van der Waals surface area contributed by atoms with Crippen LogP contribution in [0.2, 0.25) is 0 Å². The van der Waals surface area contributed by atoms with Gasteiger partial charge in [0.2, 0.25) is 0 Å². The Morgan fingerprint density at radius 2 is 1.55 bits per heavy atom. The molecule has 4 heteroatoms. The van der Waals surface area contributed by atoms with Gasteiger partial charge in [0.15, 0.2) is 0 Å². The van der Waals surface area contributed by atoms with E-state index < -0.39 is 11.2 Å². The lowest BCUT2D eigenvalue weighted by Gasteiger charge is -2.31. The predicted molar refractivity (Wildman–Crippen MR) is 80.1 cm³/mol. The van der Waals surface area contributed by atoms with Gasteiger partial charge < -0.3 is 10.2 Å². The van der Waals surface area contributed by atoms with Crippen LogP contribution in [0.3, 0.4) is 0 Å². The minimum atomic E-state index is -1.03. The molecule has 2 nitrogen and oxygen atoms in total. The van der Waals surface area contributed by atoms with Crippen molar-refractivity contribution in [1.29, 1.82) is 0 Å². The fourth-order valence-corrected chi connectivity index (χ4v) is 2.75. The van der Waals surface area contributed by atoms with E-state index >= 15 is 0 Å². The third kappa shape index (κ3) is 2.92. The predicted octanol–water partition coefficient (Wildman–Crippen LogP) is 3.05. The molecule has 0 atom stereocenters. The summed E-state index contributed by atoms with van der Waals surface area (Å²) in [6.07, 6.45) is 0.350. The van der Waals surface area contributed by atoms with Crippen LogP contribution in [-0.4, -0.2) is 23.4 Å². The highest BCUT2D eigenvalue weighted by molar-refractivity contribution is 9.10. The van der Waals surface area contributed by atoms with Gasteiger partial charge in [0, 0.05) is 9.89 Å². The zero-order chi connectivity index (χ0) is 14.6. The van der Waals surface area contributed by atoms with Crippen LogP contribution in [-0.2, 0) is 11.8 Å². The van der Waals surface area contributed by atoms with Gasteiger partial charge in [0.1, 0.15) is 5.82 Å². The van der Waals surface area contributed by atoms with Crippen LogP contribution in [0.1, 0.15) is 11.1 Å². The van der Waals surface area contributed by atoms with Crippen molar-refractivity contribution in [2.45, 2.75) is 11.8 Å². The fourth-order valence-electron chi connectivity index (χ4n) is 2.32. The van der Waals surface area contributed by atoms with E-state index in [0.29, 0.717) is 12.0 Å². The van der Waals surface area contributed by atoms with Crippen molar-refractivity contribution in [2.75, 3.05) is 13.2 Å². The minimum absolute atomic E-state index is 0.328. The van der Waals surface area contributed by atoms with Gasteiger partial charge in [-0.25, -0.2) is 4.39 Å². The summed E-state index contributed by atoms with van der Waals surface area (Å²) in [6.45, 7) is -0.655. The maximum Gasteiger partial charge on any atom is 0.127 e. The van der Waals surface area contributed by atoms with Gasteiger partial charge in [-0.1, -0.05) is 52.3 Å². The Morgan fingerprint density at radius 1 is 0.950 bits per heavy atom. The molecule has 0 heterocycles. The first-order chi connectivity index (χ1) is 9.63. The SMILES string of the molecule is OCC(CO)(Cc1ccccc1Br)c1ccccc1F. The molecule has 0 saturated heterocycles. The molecule has 2 aromatic rings. The Balaban J connectivity index is 2.46. The van der Waals surface area contributed by atoms with Crippen molar-refractivity contribution in [3.8, 4) is 0 Å². The van der Waals surface area contributed by atoms with Crippen LogP contribution in [0.5, 0.6) is 0 Å². The highest BCUT2D eigenvalue weighted by Gasteiger charge is 2.34. The maximum absolute atomic E-state index is 14.0. The Bertz CT molecular complexity index is 582. The average molecular weight is 339 g/mol. The Labute approximate surface area is 126 Å². The number of benzene rings is 2. The van der Waals surface area contributed by atoms with Gasteiger partial charge in [-0.05, 0) is 29.7 Å². The molecule has 20 heavy (non-hydrogen) atoms. The van der Waals surface area contributed by atoms with E-state index in [2.05, 4.69) is 15.9 Å². The van der Waals surface area contributed by atoms with Crippen molar-refractivity contribution < 1.29 is 14.6 Å². The Hall–Kier alpha value is -1.23. The van der Waals surface area contributed by atoms with E-state index in [0.717, 1.165) is 10.0 Å². The van der Waals surface area contributed by atoms with Crippen molar-refractivity contribution in [3.05, 3.63) is 69.9 Å². The Kier molecular flexibility index (Phi) is 4.91. The average Bonchev–Trinajstić information content (AvgIpc) is 2.48. The highest BCUT2D eigenvalue weighted by Crippen LogP contribution is 2.32. The maximum atomic E-state index is 14.0. The van der Waals surface area contributed by atoms with Crippen LogP contribution < -0.4 is 0 Å². The lowest BCUT2D eigenvalue weighted by atomic mass is 9.76. The number of halogens is 2. The molecule has 0 aliphatic carbocycles. The van der Waals surface area contributed by atoms with E-state index in [1.54, 1.807) is 18.2 Å². The van der Waals surface area contributed by atoms with E-state index in [-0.39, 0.29) is 13.2 Å². The molecular weight excluding hydrogens is 323 g/mol. The summed E-state index contributed by atoms with van der Waals surface area (Å²) in [5, 5.41) is 19.5. The van der Waals surface area contributed by atoms with Crippen LogP contribution >= 0.6 is 15.9 Å². The molecule has 106 valence electrons. The molecule has 0 bridgehead atoms. The molecule has 0 amide bonds. The standard InChI is InChI=1S/C16H16BrFO2/c17-14-7-3-1-5-12(14)9-16(10-19,11-20)13-6-2-4-8-15(13)18/h1-8,19-20H,9-11H2. The first-order valence-electron chi connectivity index (χ1n) is 6.33. The molecule has 0 aliphatic rings. The van der Waals surface area contributed by atoms with Crippen molar-refractivity contribution in [3.63, 3.8) is 0 Å². The lowest BCUT2D eigenvalue weighted by Crippen LogP contribution is -2.38. The van der Waals surface area contributed by atoms with Crippen LogP contribution in [0.4, 0.5) is 4.39 Å². The second kappa shape index (κ2) is 6.48. The number of aliphatic hydroxyl groups excluding tert-OH is 2. The molecule has 2 rings (SSSR count). The van der Waals surface area contributed by atoms with Crippen molar-refractivity contribution in [1.82, 2.24) is 0 Å². The monoisotopic (exact) mass is 338 g/mol. The smallest absolute Gasteiger partial charge is 0.127 e. The lowest BCUT2D eigenvalue weighted by molar-refractivity contribution is 0.113. The van der Waals surface area contributed by atoms with Crippen molar-refractivity contribution in [2.24, 2.45) is 0 Å². The van der Waals surface area contributed by atoms with E-state index in [1.165, 1.54) is 6.07 Å². The molecule has 0 fully saturated rings. The quantitative estimate of drug-likeness (QED) is 0.879. The van der Waals surface area contributed by atoms with Crippen molar-refractivity contribution >= 4 is 15.9 Å². The number of hydrogen-bond acceptors (Lipinski definition) is 2. The molecule has 2 N–H and O–H groups in total. The zero-order valence-corrected chi connectivity index (χ0v) is 12.5. The Morgan fingerprint density at radius 3 is 2.15 bits per heavy atom. The van der Waals surface area contributed by atoms with Crippen LogP contribution in [0, 0.1) is 5.82 Å². The van der Waals surface area contributed by atoms with Crippen LogP contribution in [0.25, 0.3) is 0 Å². The summed E-state index contributed by atoms with van der Waals surface area (Å²) in [4.78, 5) is 0. The van der Waals surface area contributed by atoms with E-state index in [9.17, 15) is 14.6 Å². The molecule has 0 spiro atoms. The summed E-state index contributed by atoms with van der Waals surface area (Å²) >= 11 is 3.44. The van der Waals surface area contributed by atoms with E-state index in [4.69, 9.17) is 0 Å². The molecule has 2 aromatic carbocycles. The number of aliphatic hydroxyl groups is 2. The summed E-state index contributed by atoms with van der Waals surface area (Å²) in [7, 11) is 0. The summed E-state index contributed by atoms with van der Waals surface area (Å²) in [5.41, 5.74) is 0.217.